The molecular formula is C16H21N3O2S. The molecule has 2 aromatic heterocycles. The van der Waals surface area contributed by atoms with Crippen molar-refractivity contribution in [1.29, 1.82) is 0 Å². The Morgan fingerprint density at radius 1 is 1.45 bits per heavy atom. The second-order valence-electron chi connectivity index (χ2n) is 5.73. The van der Waals surface area contributed by atoms with Gasteiger partial charge in [-0.1, -0.05) is 0 Å². The normalized spacial score (nSPS) is 16.2. The average Bonchev–Trinajstić information content (AvgIpc) is 3.16. The third-order valence-corrected chi connectivity index (χ3v) is 4.79. The lowest BCUT2D eigenvalue weighted by Gasteiger charge is -2.31. The number of rotatable bonds is 4. The van der Waals surface area contributed by atoms with E-state index < -0.39 is 0 Å². The Hall–Kier alpha value is -1.69. The van der Waals surface area contributed by atoms with Crippen molar-refractivity contribution in [3.8, 4) is 0 Å². The maximum Gasteiger partial charge on any atom is 0.289 e. The molecule has 3 rings (SSSR count). The molecule has 0 aliphatic carbocycles. The quantitative estimate of drug-likeness (QED) is 0.940. The Morgan fingerprint density at radius 3 is 2.86 bits per heavy atom. The molecule has 0 spiro atoms. The van der Waals surface area contributed by atoms with Gasteiger partial charge in [-0.05, 0) is 43.7 Å². The fraction of sp³-hybridized carbons (Fsp3) is 0.500. The first-order valence-corrected chi connectivity index (χ1v) is 8.95. The van der Waals surface area contributed by atoms with Gasteiger partial charge in [-0.25, -0.2) is 0 Å². The summed E-state index contributed by atoms with van der Waals surface area (Å²) in [5.74, 6) is 2.59. The Kier molecular flexibility index (Phi) is 4.57. The number of carbonyl (C=O) groups excluding carboxylic acids is 1. The average molecular weight is 319 g/mol. The SMILES string of the molecule is CSCc1ccc(C(=O)N2CCC(c3[nH]ncc3C)CC2)o1. The number of aromatic amines is 1. The standard InChI is InChI=1S/C16H21N3O2S/c1-11-9-17-18-15(11)12-5-7-19(8-6-12)16(20)14-4-3-13(21-14)10-22-2/h3-4,9,12H,5-8,10H2,1-2H3,(H,17,18). The first-order valence-electron chi connectivity index (χ1n) is 7.56. The first-order chi connectivity index (χ1) is 10.7. The zero-order valence-corrected chi connectivity index (χ0v) is 13.8. The van der Waals surface area contributed by atoms with Gasteiger partial charge in [0.25, 0.3) is 5.91 Å². The summed E-state index contributed by atoms with van der Waals surface area (Å²) in [4.78, 5) is 14.4. The van der Waals surface area contributed by atoms with E-state index in [-0.39, 0.29) is 5.91 Å². The number of nitrogens with zero attached hydrogens (tertiary/aromatic N) is 2. The van der Waals surface area contributed by atoms with Crippen LogP contribution in [-0.4, -0.2) is 40.3 Å². The molecule has 22 heavy (non-hydrogen) atoms. The molecule has 1 aliphatic rings. The van der Waals surface area contributed by atoms with Crippen LogP contribution in [-0.2, 0) is 5.75 Å². The lowest BCUT2D eigenvalue weighted by molar-refractivity contribution is 0.0678. The highest BCUT2D eigenvalue weighted by Crippen LogP contribution is 2.29. The van der Waals surface area contributed by atoms with Crippen LogP contribution in [0.1, 0.15) is 46.3 Å². The largest absolute Gasteiger partial charge is 0.455 e. The maximum atomic E-state index is 12.5. The Balaban J connectivity index is 1.60. The van der Waals surface area contributed by atoms with Crippen LogP contribution in [0.25, 0.3) is 0 Å². The molecule has 0 radical (unpaired) electrons. The number of hydrogen-bond acceptors (Lipinski definition) is 4. The molecule has 0 saturated carbocycles. The number of piperidine rings is 1. The highest BCUT2D eigenvalue weighted by Gasteiger charge is 2.27. The maximum absolute atomic E-state index is 12.5. The van der Waals surface area contributed by atoms with Crippen molar-refractivity contribution in [2.45, 2.75) is 31.4 Å². The summed E-state index contributed by atoms with van der Waals surface area (Å²) in [6.45, 7) is 3.60. The van der Waals surface area contributed by atoms with E-state index in [2.05, 4.69) is 17.1 Å². The van der Waals surface area contributed by atoms with Crippen molar-refractivity contribution in [3.05, 3.63) is 41.1 Å². The minimum absolute atomic E-state index is 0.00661. The summed E-state index contributed by atoms with van der Waals surface area (Å²) >= 11 is 1.69. The number of carbonyl (C=O) groups is 1. The summed E-state index contributed by atoms with van der Waals surface area (Å²) in [5.41, 5.74) is 2.42. The van der Waals surface area contributed by atoms with Gasteiger partial charge in [0.05, 0.1) is 11.9 Å². The van der Waals surface area contributed by atoms with Gasteiger partial charge in [0.1, 0.15) is 5.76 Å². The summed E-state index contributed by atoms with van der Waals surface area (Å²) in [6.07, 6.45) is 5.81. The number of H-pyrrole nitrogens is 1. The van der Waals surface area contributed by atoms with Crippen LogP contribution in [0.2, 0.25) is 0 Å². The predicted octanol–water partition coefficient (Wildman–Crippen LogP) is 3.19. The minimum Gasteiger partial charge on any atom is -0.455 e. The van der Waals surface area contributed by atoms with Crippen LogP contribution in [0.15, 0.2) is 22.7 Å². The van der Waals surface area contributed by atoms with Gasteiger partial charge in [-0.3, -0.25) is 9.89 Å². The topological polar surface area (TPSA) is 62.1 Å². The molecule has 0 aromatic carbocycles. The van der Waals surface area contributed by atoms with Crippen molar-refractivity contribution >= 4 is 17.7 Å². The third kappa shape index (κ3) is 3.06. The van der Waals surface area contributed by atoms with Crippen molar-refractivity contribution in [2.24, 2.45) is 0 Å². The van der Waals surface area contributed by atoms with Crippen LogP contribution >= 0.6 is 11.8 Å². The van der Waals surface area contributed by atoms with Crippen molar-refractivity contribution in [1.82, 2.24) is 15.1 Å². The van der Waals surface area contributed by atoms with E-state index in [0.717, 1.165) is 37.4 Å². The molecule has 0 atom stereocenters. The second kappa shape index (κ2) is 6.60. The molecule has 5 nitrogen and oxygen atoms in total. The molecule has 1 aliphatic heterocycles. The first kappa shape index (κ1) is 15.2. The van der Waals surface area contributed by atoms with Gasteiger partial charge in [0.2, 0.25) is 0 Å². The molecule has 2 aromatic rings. The number of amides is 1. The molecule has 6 heteroatoms. The van der Waals surface area contributed by atoms with E-state index in [0.29, 0.717) is 11.7 Å². The highest BCUT2D eigenvalue weighted by atomic mass is 32.2. The van der Waals surface area contributed by atoms with Crippen molar-refractivity contribution in [3.63, 3.8) is 0 Å². The van der Waals surface area contributed by atoms with Crippen LogP contribution in [0.3, 0.4) is 0 Å². The lowest BCUT2D eigenvalue weighted by atomic mass is 9.91. The zero-order chi connectivity index (χ0) is 15.5. The van der Waals surface area contributed by atoms with E-state index in [9.17, 15) is 4.79 Å². The molecule has 1 saturated heterocycles. The molecule has 0 bridgehead atoms. The van der Waals surface area contributed by atoms with Crippen LogP contribution in [0.4, 0.5) is 0 Å². The Labute approximate surface area is 134 Å². The smallest absolute Gasteiger partial charge is 0.289 e. The number of aryl methyl sites for hydroxylation is 1. The Bertz CT molecular complexity index is 641. The number of hydrogen-bond donors (Lipinski definition) is 1. The number of thioether (sulfide) groups is 1. The molecule has 118 valence electrons. The number of furan rings is 1. The zero-order valence-electron chi connectivity index (χ0n) is 13.0. The van der Waals surface area contributed by atoms with Gasteiger partial charge >= 0.3 is 0 Å². The molecule has 0 unspecified atom stereocenters. The van der Waals surface area contributed by atoms with E-state index in [4.69, 9.17) is 4.42 Å². The molecular weight excluding hydrogens is 298 g/mol. The van der Waals surface area contributed by atoms with Crippen molar-refractivity contribution < 1.29 is 9.21 Å². The highest BCUT2D eigenvalue weighted by molar-refractivity contribution is 7.97. The minimum atomic E-state index is 0.00661. The third-order valence-electron chi connectivity index (χ3n) is 4.22. The summed E-state index contributed by atoms with van der Waals surface area (Å²) < 4.78 is 5.63. The molecule has 1 fully saturated rings. The van der Waals surface area contributed by atoms with E-state index in [1.807, 2.05) is 23.4 Å². The number of likely N-dealkylation sites (tertiary alicyclic amines) is 1. The van der Waals surface area contributed by atoms with Crippen LogP contribution in [0.5, 0.6) is 0 Å². The van der Waals surface area contributed by atoms with Gasteiger partial charge in [0, 0.05) is 24.7 Å². The van der Waals surface area contributed by atoms with Crippen molar-refractivity contribution in [2.75, 3.05) is 19.3 Å². The van der Waals surface area contributed by atoms with E-state index in [1.165, 1.54) is 11.3 Å². The summed E-state index contributed by atoms with van der Waals surface area (Å²) in [6, 6.07) is 3.68. The Morgan fingerprint density at radius 2 is 2.23 bits per heavy atom. The van der Waals surface area contributed by atoms with Crippen LogP contribution < -0.4 is 0 Å². The fourth-order valence-electron chi connectivity index (χ4n) is 3.01. The van der Waals surface area contributed by atoms with Gasteiger partial charge < -0.3 is 9.32 Å². The van der Waals surface area contributed by atoms with Gasteiger partial charge in [0.15, 0.2) is 5.76 Å². The summed E-state index contributed by atoms with van der Waals surface area (Å²) in [5, 5.41) is 7.19. The molecule has 1 amide bonds. The van der Waals surface area contributed by atoms with E-state index in [1.54, 1.807) is 17.8 Å². The molecule has 3 heterocycles. The van der Waals surface area contributed by atoms with Gasteiger partial charge in [-0.2, -0.15) is 16.9 Å². The monoisotopic (exact) mass is 319 g/mol. The number of nitrogens with one attached hydrogen (secondary N) is 1. The molecule has 1 N–H and O–H groups in total. The predicted molar refractivity (Wildman–Crippen MR) is 87.1 cm³/mol. The van der Waals surface area contributed by atoms with E-state index >= 15 is 0 Å². The number of aromatic nitrogens is 2. The second-order valence-corrected chi connectivity index (χ2v) is 6.60. The fourth-order valence-corrected chi connectivity index (χ4v) is 3.45. The van der Waals surface area contributed by atoms with Crippen LogP contribution in [0, 0.1) is 6.92 Å². The van der Waals surface area contributed by atoms with Gasteiger partial charge in [-0.15, -0.1) is 0 Å². The summed E-state index contributed by atoms with van der Waals surface area (Å²) in [7, 11) is 0. The lowest BCUT2D eigenvalue weighted by Crippen LogP contribution is -2.37.